The quantitative estimate of drug-likeness (QED) is 0.864. The second-order valence-corrected chi connectivity index (χ2v) is 6.07. The molecule has 6 heteroatoms. The maximum atomic E-state index is 13.9. The predicted octanol–water partition coefficient (Wildman–Crippen LogP) is 3.18. The molecule has 2 fully saturated rings. The summed E-state index contributed by atoms with van der Waals surface area (Å²) in [6.45, 7) is 3.60. The van der Waals surface area contributed by atoms with Crippen molar-refractivity contribution in [2.24, 2.45) is 0 Å². The Kier molecular flexibility index (Phi) is 4.31. The molecule has 0 unspecified atom stereocenters. The fourth-order valence-corrected chi connectivity index (χ4v) is 3.36. The van der Waals surface area contributed by atoms with Gasteiger partial charge in [-0.05, 0) is 37.9 Å². The zero-order valence-corrected chi connectivity index (χ0v) is 12.6. The number of amides is 2. The summed E-state index contributed by atoms with van der Waals surface area (Å²) in [5.41, 5.74) is 0.139. The Bertz CT molecular complexity index is 540. The van der Waals surface area contributed by atoms with Gasteiger partial charge in [0.05, 0.1) is 10.7 Å². The van der Waals surface area contributed by atoms with Gasteiger partial charge >= 0.3 is 6.03 Å². The zero-order valence-electron chi connectivity index (χ0n) is 11.8. The number of carbonyl (C=O) groups excluding carboxylic acids is 1. The van der Waals surface area contributed by atoms with Crippen LogP contribution in [0.5, 0.6) is 0 Å². The van der Waals surface area contributed by atoms with Gasteiger partial charge in [0.15, 0.2) is 5.82 Å². The molecular formula is C15H19ClFN3O. The molecule has 114 valence electrons. The van der Waals surface area contributed by atoms with Gasteiger partial charge < -0.3 is 10.2 Å². The number of benzene rings is 1. The minimum Gasteiger partial charge on any atom is -0.323 e. The van der Waals surface area contributed by atoms with E-state index in [9.17, 15) is 9.18 Å². The summed E-state index contributed by atoms with van der Waals surface area (Å²) in [6, 6.07) is 4.82. The molecule has 0 aliphatic carbocycles. The first-order chi connectivity index (χ1) is 10.1. The first-order valence-corrected chi connectivity index (χ1v) is 7.77. The van der Waals surface area contributed by atoms with Crippen LogP contribution in [0.15, 0.2) is 18.2 Å². The lowest BCUT2D eigenvalue weighted by Crippen LogP contribution is -2.41. The topological polar surface area (TPSA) is 35.6 Å². The molecule has 1 aromatic carbocycles. The van der Waals surface area contributed by atoms with Gasteiger partial charge in [0.1, 0.15) is 0 Å². The van der Waals surface area contributed by atoms with Crippen LogP contribution < -0.4 is 5.32 Å². The van der Waals surface area contributed by atoms with E-state index >= 15 is 0 Å². The molecule has 2 amide bonds. The molecule has 0 radical (unpaired) electrons. The van der Waals surface area contributed by atoms with Crippen LogP contribution in [-0.4, -0.2) is 48.1 Å². The van der Waals surface area contributed by atoms with Gasteiger partial charge in [-0.2, -0.15) is 0 Å². The number of fused-ring (bicyclic) bond motifs is 1. The Labute approximate surface area is 128 Å². The largest absolute Gasteiger partial charge is 0.323 e. The molecule has 0 saturated carbocycles. The van der Waals surface area contributed by atoms with E-state index < -0.39 is 5.82 Å². The molecule has 2 aliphatic rings. The number of urea groups is 1. The number of anilines is 1. The average molecular weight is 312 g/mol. The molecule has 1 aromatic rings. The van der Waals surface area contributed by atoms with Crippen LogP contribution >= 0.6 is 11.6 Å². The molecular weight excluding hydrogens is 293 g/mol. The van der Waals surface area contributed by atoms with Crippen LogP contribution in [-0.2, 0) is 0 Å². The highest BCUT2D eigenvalue weighted by Crippen LogP contribution is 2.24. The van der Waals surface area contributed by atoms with E-state index in [2.05, 4.69) is 10.2 Å². The van der Waals surface area contributed by atoms with Crippen LogP contribution in [0.2, 0.25) is 5.02 Å². The number of hydrogen-bond acceptors (Lipinski definition) is 2. The van der Waals surface area contributed by atoms with E-state index in [0.29, 0.717) is 19.1 Å². The highest BCUT2D eigenvalue weighted by Gasteiger charge is 2.30. The Morgan fingerprint density at radius 1 is 1.29 bits per heavy atom. The smallest absolute Gasteiger partial charge is 0.321 e. The van der Waals surface area contributed by atoms with Crippen LogP contribution in [0.3, 0.4) is 0 Å². The van der Waals surface area contributed by atoms with E-state index in [1.54, 1.807) is 11.0 Å². The Balaban J connectivity index is 1.68. The number of nitrogens with one attached hydrogen (secondary N) is 1. The van der Waals surface area contributed by atoms with E-state index in [4.69, 9.17) is 11.6 Å². The van der Waals surface area contributed by atoms with Crippen LogP contribution in [0, 0.1) is 5.82 Å². The van der Waals surface area contributed by atoms with E-state index in [-0.39, 0.29) is 16.7 Å². The number of carbonyl (C=O) groups is 1. The molecule has 3 rings (SSSR count). The molecule has 2 heterocycles. The Morgan fingerprint density at radius 2 is 2.10 bits per heavy atom. The van der Waals surface area contributed by atoms with Crippen molar-refractivity contribution in [2.45, 2.75) is 25.3 Å². The molecule has 21 heavy (non-hydrogen) atoms. The summed E-state index contributed by atoms with van der Waals surface area (Å²) in [5.74, 6) is -0.579. The maximum Gasteiger partial charge on any atom is 0.321 e. The molecule has 0 bridgehead atoms. The van der Waals surface area contributed by atoms with Crippen molar-refractivity contribution in [2.75, 3.05) is 31.5 Å². The van der Waals surface area contributed by atoms with Crippen molar-refractivity contribution in [1.29, 1.82) is 0 Å². The van der Waals surface area contributed by atoms with E-state index in [1.807, 2.05) is 0 Å². The summed E-state index contributed by atoms with van der Waals surface area (Å²) in [7, 11) is 0. The van der Waals surface area contributed by atoms with Crippen LogP contribution in [0.1, 0.15) is 19.3 Å². The van der Waals surface area contributed by atoms with Gasteiger partial charge in [-0.15, -0.1) is 0 Å². The van der Waals surface area contributed by atoms with Crippen LogP contribution in [0.25, 0.3) is 0 Å². The molecule has 1 N–H and O–H groups in total. The third-order valence-corrected chi connectivity index (χ3v) is 4.58. The van der Waals surface area contributed by atoms with Crippen LogP contribution in [0.4, 0.5) is 14.9 Å². The van der Waals surface area contributed by atoms with Crippen molar-refractivity contribution < 1.29 is 9.18 Å². The summed E-state index contributed by atoms with van der Waals surface area (Å²) < 4.78 is 13.9. The predicted molar refractivity (Wildman–Crippen MR) is 81.2 cm³/mol. The molecule has 0 spiro atoms. The average Bonchev–Trinajstić information content (AvgIpc) is 2.81. The normalized spacial score (nSPS) is 22.8. The minimum atomic E-state index is -0.579. The van der Waals surface area contributed by atoms with Crippen molar-refractivity contribution >= 4 is 23.3 Å². The number of halogens is 2. The summed E-state index contributed by atoms with van der Waals surface area (Å²) in [5, 5.41) is 2.66. The monoisotopic (exact) mass is 311 g/mol. The van der Waals surface area contributed by atoms with Crippen molar-refractivity contribution in [3.8, 4) is 0 Å². The fraction of sp³-hybridized carbons (Fsp3) is 0.533. The lowest BCUT2D eigenvalue weighted by molar-refractivity contribution is 0.200. The van der Waals surface area contributed by atoms with Gasteiger partial charge in [-0.25, -0.2) is 9.18 Å². The van der Waals surface area contributed by atoms with E-state index in [0.717, 1.165) is 25.9 Å². The minimum absolute atomic E-state index is 0.0191. The zero-order chi connectivity index (χ0) is 14.8. The van der Waals surface area contributed by atoms with Gasteiger partial charge in [0, 0.05) is 25.7 Å². The second kappa shape index (κ2) is 6.20. The fourth-order valence-electron chi connectivity index (χ4n) is 3.19. The Morgan fingerprint density at radius 3 is 2.95 bits per heavy atom. The summed E-state index contributed by atoms with van der Waals surface area (Å²) >= 11 is 5.74. The first kappa shape index (κ1) is 14.6. The second-order valence-electron chi connectivity index (χ2n) is 5.66. The third kappa shape index (κ3) is 3.14. The SMILES string of the molecule is O=C(Nc1cccc(Cl)c1F)N1CCCN2CCC[C@H]2C1. The third-order valence-electron chi connectivity index (χ3n) is 4.28. The molecule has 2 saturated heterocycles. The highest BCUT2D eigenvalue weighted by molar-refractivity contribution is 6.31. The van der Waals surface area contributed by atoms with Crippen molar-refractivity contribution in [1.82, 2.24) is 9.80 Å². The Hall–Kier alpha value is -1.33. The molecule has 2 aliphatic heterocycles. The lowest BCUT2D eigenvalue weighted by atomic mass is 10.2. The number of rotatable bonds is 1. The highest BCUT2D eigenvalue weighted by atomic mass is 35.5. The number of hydrogen-bond donors (Lipinski definition) is 1. The van der Waals surface area contributed by atoms with Gasteiger partial charge in [0.25, 0.3) is 0 Å². The lowest BCUT2D eigenvalue weighted by Gasteiger charge is -2.26. The maximum absolute atomic E-state index is 13.9. The molecule has 4 nitrogen and oxygen atoms in total. The summed E-state index contributed by atoms with van der Waals surface area (Å²) in [6.07, 6.45) is 3.29. The summed E-state index contributed by atoms with van der Waals surface area (Å²) in [4.78, 5) is 16.6. The van der Waals surface area contributed by atoms with Gasteiger partial charge in [-0.3, -0.25) is 4.90 Å². The molecule has 1 atom stereocenters. The van der Waals surface area contributed by atoms with E-state index in [1.165, 1.54) is 18.6 Å². The molecule has 0 aromatic heterocycles. The van der Waals surface area contributed by atoms with Crippen molar-refractivity contribution in [3.05, 3.63) is 29.0 Å². The standard InChI is InChI=1S/C15H19ClFN3O/c16-12-5-1-6-13(14(12)17)18-15(21)20-9-3-8-19-7-2-4-11(19)10-20/h1,5-6,11H,2-4,7-10H2,(H,18,21)/t11-/m0/s1. The van der Waals surface area contributed by atoms with Crippen molar-refractivity contribution in [3.63, 3.8) is 0 Å². The van der Waals surface area contributed by atoms with Gasteiger partial charge in [0.2, 0.25) is 0 Å². The first-order valence-electron chi connectivity index (χ1n) is 7.39. The number of nitrogens with zero attached hydrogens (tertiary/aromatic N) is 2. The van der Waals surface area contributed by atoms with Gasteiger partial charge in [-0.1, -0.05) is 17.7 Å².